The molecule has 0 unspecified atom stereocenters. The maximum absolute atomic E-state index is 11.9. The van der Waals surface area contributed by atoms with E-state index in [0.29, 0.717) is 11.5 Å². The van der Waals surface area contributed by atoms with E-state index in [2.05, 4.69) is 20.8 Å². The molecule has 2 heterocycles. The molecule has 3 aromatic rings. The maximum atomic E-state index is 11.9. The van der Waals surface area contributed by atoms with Crippen LogP contribution in [0.15, 0.2) is 53.4 Å². The van der Waals surface area contributed by atoms with Crippen LogP contribution in [0.5, 0.6) is 5.75 Å². The number of carbonyl (C=O) groups excluding carboxylic acids is 1. The molecule has 23 heavy (non-hydrogen) atoms. The summed E-state index contributed by atoms with van der Waals surface area (Å²) in [6.07, 6.45) is 3.07. The van der Waals surface area contributed by atoms with E-state index < -0.39 is 0 Å². The predicted molar refractivity (Wildman–Crippen MR) is 79.9 cm³/mol. The standard InChI is InChI=1S/C15H15N5O3/c1-11(14-3-2-8-22-14)17-15(21)9-23-13-6-4-12(5-7-13)20-10-16-18-19-20/h2-8,10-11H,9H2,1H3,(H,17,21)/t11-/m0/s1. The van der Waals surface area contributed by atoms with E-state index in [1.807, 2.05) is 13.0 Å². The summed E-state index contributed by atoms with van der Waals surface area (Å²) in [5.74, 6) is 1.06. The number of rotatable bonds is 6. The van der Waals surface area contributed by atoms with Gasteiger partial charge in [-0.1, -0.05) is 0 Å². The number of aromatic nitrogens is 4. The summed E-state index contributed by atoms with van der Waals surface area (Å²) in [5, 5.41) is 13.7. The lowest BCUT2D eigenvalue weighted by Crippen LogP contribution is -2.31. The zero-order valence-corrected chi connectivity index (χ0v) is 12.4. The summed E-state index contributed by atoms with van der Waals surface area (Å²) in [7, 11) is 0. The largest absolute Gasteiger partial charge is 0.484 e. The van der Waals surface area contributed by atoms with Crippen LogP contribution in [-0.4, -0.2) is 32.7 Å². The molecule has 3 rings (SSSR count). The van der Waals surface area contributed by atoms with Crippen molar-refractivity contribution in [1.29, 1.82) is 0 Å². The van der Waals surface area contributed by atoms with E-state index in [-0.39, 0.29) is 18.6 Å². The number of nitrogens with zero attached hydrogens (tertiary/aromatic N) is 4. The van der Waals surface area contributed by atoms with Crippen LogP contribution in [0.3, 0.4) is 0 Å². The summed E-state index contributed by atoms with van der Waals surface area (Å²) in [5.41, 5.74) is 0.804. The fourth-order valence-electron chi connectivity index (χ4n) is 2.02. The number of ether oxygens (including phenoxy) is 1. The Morgan fingerprint density at radius 1 is 1.35 bits per heavy atom. The number of furan rings is 1. The van der Waals surface area contributed by atoms with Crippen molar-refractivity contribution in [2.75, 3.05) is 6.61 Å². The van der Waals surface area contributed by atoms with Gasteiger partial charge in [0.1, 0.15) is 17.8 Å². The first-order valence-electron chi connectivity index (χ1n) is 7.01. The molecule has 1 N–H and O–H groups in total. The molecular weight excluding hydrogens is 298 g/mol. The molecule has 0 fully saturated rings. The van der Waals surface area contributed by atoms with Crippen LogP contribution in [0, 0.1) is 0 Å². The molecule has 1 aromatic carbocycles. The molecule has 0 saturated heterocycles. The van der Waals surface area contributed by atoms with Gasteiger partial charge in [-0.3, -0.25) is 4.79 Å². The molecule has 0 bridgehead atoms. The van der Waals surface area contributed by atoms with Crippen LogP contribution in [0.1, 0.15) is 18.7 Å². The zero-order valence-electron chi connectivity index (χ0n) is 12.4. The first kappa shape index (κ1) is 14.8. The lowest BCUT2D eigenvalue weighted by molar-refractivity contribution is -0.123. The van der Waals surface area contributed by atoms with Crippen molar-refractivity contribution < 1.29 is 13.9 Å². The third-order valence-electron chi connectivity index (χ3n) is 3.17. The van der Waals surface area contributed by atoms with Gasteiger partial charge in [-0.05, 0) is 53.7 Å². The van der Waals surface area contributed by atoms with Crippen molar-refractivity contribution in [3.8, 4) is 11.4 Å². The second-order valence-corrected chi connectivity index (χ2v) is 4.84. The van der Waals surface area contributed by atoms with Crippen LogP contribution in [0.2, 0.25) is 0 Å². The number of hydrogen-bond acceptors (Lipinski definition) is 6. The van der Waals surface area contributed by atoms with Crippen molar-refractivity contribution in [3.63, 3.8) is 0 Å². The maximum Gasteiger partial charge on any atom is 0.258 e. The molecule has 0 saturated carbocycles. The normalized spacial score (nSPS) is 11.9. The Labute approximate surface area is 132 Å². The highest BCUT2D eigenvalue weighted by molar-refractivity contribution is 5.77. The molecule has 8 heteroatoms. The number of benzene rings is 1. The quantitative estimate of drug-likeness (QED) is 0.741. The van der Waals surface area contributed by atoms with E-state index in [4.69, 9.17) is 9.15 Å². The fraction of sp³-hybridized carbons (Fsp3) is 0.200. The van der Waals surface area contributed by atoms with Crippen molar-refractivity contribution in [2.45, 2.75) is 13.0 Å². The molecule has 118 valence electrons. The molecule has 0 spiro atoms. The number of hydrogen-bond donors (Lipinski definition) is 1. The van der Waals surface area contributed by atoms with E-state index in [1.54, 1.807) is 36.6 Å². The third-order valence-corrected chi connectivity index (χ3v) is 3.17. The topological polar surface area (TPSA) is 95.1 Å². The Bertz CT molecular complexity index is 738. The van der Waals surface area contributed by atoms with Crippen LogP contribution in [0.25, 0.3) is 5.69 Å². The number of carbonyl (C=O) groups is 1. The van der Waals surface area contributed by atoms with Crippen molar-refractivity contribution in [3.05, 3.63) is 54.7 Å². The molecule has 0 aliphatic rings. The van der Waals surface area contributed by atoms with Crippen molar-refractivity contribution in [2.24, 2.45) is 0 Å². The van der Waals surface area contributed by atoms with Crippen LogP contribution < -0.4 is 10.1 Å². The summed E-state index contributed by atoms with van der Waals surface area (Å²) in [4.78, 5) is 11.9. The van der Waals surface area contributed by atoms with Gasteiger partial charge in [0.05, 0.1) is 18.0 Å². The van der Waals surface area contributed by atoms with Crippen molar-refractivity contribution >= 4 is 5.91 Å². The fourth-order valence-corrected chi connectivity index (χ4v) is 2.02. The van der Waals surface area contributed by atoms with Crippen LogP contribution in [-0.2, 0) is 4.79 Å². The Balaban J connectivity index is 1.51. The second kappa shape index (κ2) is 6.73. The summed E-state index contributed by atoms with van der Waals surface area (Å²) in [6, 6.07) is 10.5. The van der Waals surface area contributed by atoms with Gasteiger partial charge >= 0.3 is 0 Å². The first-order chi connectivity index (χ1) is 11.2. The Kier molecular flexibility index (Phi) is 4.32. The summed E-state index contributed by atoms with van der Waals surface area (Å²) < 4.78 is 12.2. The van der Waals surface area contributed by atoms with E-state index >= 15 is 0 Å². The average molecular weight is 313 g/mol. The van der Waals surface area contributed by atoms with Gasteiger partial charge in [-0.25, -0.2) is 4.68 Å². The molecule has 2 aromatic heterocycles. The van der Waals surface area contributed by atoms with E-state index in [1.165, 1.54) is 11.0 Å². The Hall–Kier alpha value is -3.16. The minimum absolute atomic E-state index is 0.0741. The SMILES string of the molecule is C[C@H](NC(=O)COc1ccc(-n2cnnn2)cc1)c1ccco1. The highest BCUT2D eigenvalue weighted by Crippen LogP contribution is 2.15. The van der Waals surface area contributed by atoms with Gasteiger partial charge in [0, 0.05) is 0 Å². The minimum Gasteiger partial charge on any atom is -0.484 e. The van der Waals surface area contributed by atoms with E-state index in [0.717, 1.165) is 5.69 Å². The smallest absolute Gasteiger partial charge is 0.258 e. The van der Waals surface area contributed by atoms with Gasteiger partial charge in [0.25, 0.3) is 5.91 Å². The van der Waals surface area contributed by atoms with Gasteiger partial charge in [-0.15, -0.1) is 5.10 Å². The molecular formula is C15H15N5O3. The summed E-state index contributed by atoms with van der Waals surface area (Å²) in [6.45, 7) is 1.77. The molecule has 1 amide bonds. The number of amides is 1. The third kappa shape index (κ3) is 3.73. The second-order valence-electron chi connectivity index (χ2n) is 4.84. The minimum atomic E-state index is -0.224. The van der Waals surface area contributed by atoms with E-state index in [9.17, 15) is 4.79 Å². The zero-order chi connectivity index (χ0) is 16.1. The molecule has 0 aliphatic heterocycles. The predicted octanol–water partition coefficient (Wildman–Crippen LogP) is 1.51. The van der Waals surface area contributed by atoms with Gasteiger partial charge < -0.3 is 14.5 Å². The van der Waals surface area contributed by atoms with Crippen molar-refractivity contribution in [1.82, 2.24) is 25.5 Å². The Morgan fingerprint density at radius 2 is 2.17 bits per heavy atom. The summed E-state index contributed by atoms with van der Waals surface area (Å²) >= 11 is 0. The number of nitrogens with one attached hydrogen (secondary N) is 1. The molecule has 0 radical (unpaired) electrons. The first-order valence-corrected chi connectivity index (χ1v) is 7.01. The highest BCUT2D eigenvalue weighted by Gasteiger charge is 2.12. The number of tetrazole rings is 1. The monoisotopic (exact) mass is 313 g/mol. The van der Waals surface area contributed by atoms with Crippen LogP contribution >= 0.6 is 0 Å². The molecule has 1 atom stereocenters. The average Bonchev–Trinajstić information content (AvgIpc) is 3.26. The van der Waals surface area contributed by atoms with Gasteiger partial charge in [0.15, 0.2) is 6.61 Å². The Morgan fingerprint density at radius 3 is 2.83 bits per heavy atom. The molecule has 0 aliphatic carbocycles. The van der Waals surface area contributed by atoms with Crippen LogP contribution in [0.4, 0.5) is 0 Å². The highest BCUT2D eigenvalue weighted by atomic mass is 16.5. The van der Waals surface area contributed by atoms with Gasteiger partial charge in [0.2, 0.25) is 0 Å². The lowest BCUT2D eigenvalue weighted by atomic mass is 10.2. The van der Waals surface area contributed by atoms with Gasteiger partial charge in [-0.2, -0.15) is 0 Å². The molecule has 8 nitrogen and oxygen atoms in total. The lowest BCUT2D eigenvalue weighted by Gasteiger charge is -2.12.